The van der Waals surface area contributed by atoms with Crippen molar-refractivity contribution in [3.8, 4) is 0 Å². The van der Waals surface area contributed by atoms with Crippen molar-refractivity contribution in [3.63, 3.8) is 0 Å². The summed E-state index contributed by atoms with van der Waals surface area (Å²) < 4.78 is 14.8. The van der Waals surface area contributed by atoms with E-state index in [0.717, 1.165) is 23.1 Å². The lowest BCUT2D eigenvalue weighted by Gasteiger charge is -2.20. The summed E-state index contributed by atoms with van der Waals surface area (Å²) in [7, 11) is 0. The van der Waals surface area contributed by atoms with Crippen LogP contribution in [-0.4, -0.2) is 16.5 Å². The molecule has 0 amide bonds. The van der Waals surface area contributed by atoms with Gasteiger partial charge in [-0.25, -0.2) is 4.39 Å². The summed E-state index contributed by atoms with van der Waals surface area (Å²) in [6.45, 7) is 2.86. The molecule has 2 aromatic rings. The third-order valence-corrected chi connectivity index (χ3v) is 3.44. The quantitative estimate of drug-likeness (QED) is 0.915. The predicted molar refractivity (Wildman–Crippen MR) is 76.3 cm³/mol. The molecule has 0 bridgehead atoms. The van der Waals surface area contributed by atoms with Gasteiger partial charge < -0.3 is 5.32 Å². The second-order valence-electron chi connectivity index (χ2n) is 4.15. The minimum Gasteiger partial charge on any atom is -0.305 e. The molecule has 0 aliphatic heterocycles. The Labute approximate surface area is 120 Å². The van der Waals surface area contributed by atoms with Crippen LogP contribution in [-0.2, 0) is 0 Å². The van der Waals surface area contributed by atoms with Gasteiger partial charge in [-0.2, -0.15) is 0 Å². The van der Waals surface area contributed by atoms with Crippen molar-refractivity contribution in [2.45, 2.75) is 19.4 Å². The van der Waals surface area contributed by atoms with E-state index in [0.29, 0.717) is 5.56 Å². The first kappa shape index (κ1) is 14.1. The molecule has 1 N–H and O–H groups in total. The predicted octanol–water partition coefficient (Wildman–Crippen LogP) is 3.47. The third-order valence-electron chi connectivity index (χ3n) is 2.77. The third kappa shape index (κ3) is 3.36. The van der Waals surface area contributed by atoms with E-state index in [2.05, 4.69) is 38.1 Å². The maximum Gasteiger partial charge on any atom is 0.146 e. The molecule has 2 aromatic heterocycles. The van der Waals surface area contributed by atoms with Gasteiger partial charge in [0.15, 0.2) is 0 Å². The summed E-state index contributed by atoms with van der Waals surface area (Å²) >= 11 is 3.47. The molecule has 0 saturated carbocycles. The van der Waals surface area contributed by atoms with Gasteiger partial charge >= 0.3 is 0 Å². The van der Waals surface area contributed by atoms with Gasteiger partial charge in [-0.15, -0.1) is 0 Å². The maximum atomic E-state index is 13.9. The molecule has 0 saturated heterocycles. The van der Waals surface area contributed by atoms with E-state index < -0.39 is 0 Å². The summed E-state index contributed by atoms with van der Waals surface area (Å²) in [4.78, 5) is 8.14. The van der Waals surface area contributed by atoms with E-state index in [-0.39, 0.29) is 11.9 Å². The Hall–Kier alpha value is -1.33. The molecule has 0 aromatic carbocycles. The SMILES string of the molecule is CCCNC(c1ccncc1F)c1ncccc1Br. The highest BCUT2D eigenvalue weighted by Gasteiger charge is 2.20. The van der Waals surface area contributed by atoms with Crippen LogP contribution in [0, 0.1) is 5.82 Å². The van der Waals surface area contributed by atoms with Gasteiger partial charge in [0.05, 0.1) is 17.9 Å². The highest BCUT2D eigenvalue weighted by Crippen LogP contribution is 2.27. The normalized spacial score (nSPS) is 12.4. The zero-order valence-corrected chi connectivity index (χ0v) is 12.2. The molecule has 0 fully saturated rings. The Balaban J connectivity index is 2.42. The van der Waals surface area contributed by atoms with Crippen LogP contribution in [0.25, 0.3) is 0 Å². The van der Waals surface area contributed by atoms with Crippen LogP contribution in [0.1, 0.15) is 30.6 Å². The standard InChI is InChI=1S/C14H15BrFN3/c1-2-6-18-13(10-5-8-17-9-12(10)16)14-11(15)4-3-7-19-14/h3-5,7-9,13,18H,2,6H2,1H3. The van der Waals surface area contributed by atoms with Crippen molar-refractivity contribution in [1.82, 2.24) is 15.3 Å². The second-order valence-corrected chi connectivity index (χ2v) is 5.01. The Morgan fingerprint density at radius 3 is 2.89 bits per heavy atom. The van der Waals surface area contributed by atoms with E-state index in [4.69, 9.17) is 0 Å². The van der Waals surface area contributed by atoms with E-state index in [1.807, 2.05) is 12.1 Å². The zero-order chi connectivity index (χ0) is 13.7. The van der Waals surface area contributed by atoms with Crippen LogP contribution in [0.15, 0.2) is 41.3 Å². The Kier molecular flexibility index (Phi) is 4.99. The fraction of sp³-hybridized carbons (Fsp3) is 0.286. The van der Waals surface area contributed by atoms with Gasteiger partial charge in [-0.3, -0.25) is 9.97 Å². The number of hydrogen-bond donors (Lipinski definition) is 1. The summed E-state index contributed by atoms with van der Waals surface area (Å²) in [5, 5.41) is 3.32. The smallest absolute Gasteiger partial charge is 0.146 e. The molecule has 19 heavy (non-hydrogen) atoms. The first-order chi connectivity index (χ1) is 9.24. The molecular weight excluding hydrogens is 309 g/mol. The molecule has 0 aliphatic rings. The number of rotatable bonds is 5. The van der Waals surface area contributed by atoms with E-state index in [1.165, 1.54) is 6.20 Å². The molecule has 2 heterocycles. The van der Waals surface area contributed by atoms with Crippen LogP contribution in [0.5, 0.6) is 0 Å². The number of nitrogens with one attached hydrogen (secondary N) is 1. The highest BCUT2D eigenvalue weighted by molar-refractivity contribution is 9.10. The van der Waals surface area contributed by atoms with Gasteiger partial charge in [0.1, 0.15) is 5.82 Å². The van der Waals surface area contributed by atoms with Crippen LogP contribution >= 0.6 is 15.9 Å². The molecule has 1 unspecified atom stereocenters. The average molecular weight is 324 g/mol. The number of nitrogens with zero attached hydrogens (tertiary/aromatic N) is 2. The Morgan fingerprint density at radius 1 is 1.37 bits per heavy atom. The van der Waals surface area contributed by atoms with Crippen LogP contribution in [0.2, 0.25) is 0 Å². The molecule has 2 rings (SSSR count). The first-order valence-electron chi connectivity index (χ1n) is 6.17. The van der Waals surface area contributed by atoms with Crippen molar-refractivity contribution in [2.75, 3.05) is 6.54 Å². The van der Waals surface area contributed by atoms with Crippen LogP contribution < -0.4 is 5.32 Å². The van der Waals surface area contributed by atoms with Gasteiger partial charge in [-0.1, -0.05) is 6.92 Å². The zero-order valence-electron chi connectivity index (χ0n) is 10.6. The van der Waals surface area contributed by atoms with Crippen molar-refractivity contribution >= 4 is 15.9 Å². The lowest BCUT2D eigenvalue weighted by molar-refractivity contribution is 0.535. The topological polar surface area (TPSA) is 37.8 Å². The summed E-state index contributed by atoms with van der Waals surface area (Å²) in [6.07, 6.45) is 5.50. The summed E-state index contributed by atoms with van der Waals surface area (Å²) in [6, 6.07) is 5.15. The van der Waals surface area contributed by atoms with E-state index in [9.17, 15) is 4.39 Å². The molecule has 0 spiro atoms. The van der Waals surface area contributed by atoms with Gasteiger partial charge in [0.25, 0.3) is 0 Å². The lowest BCUT2D eigenvalue weighted by atomic mass is 10.0. The van der Waals surface area contributed by atoms with Crippen molar-refractivity contribution in [2.24, 2.45) is 0 Å². The van der Waals surface area contributed by atoms with Crippen molar-refractivity contribution in [3.05, 3.63) is 58.3 Å². The van der Waals surface area contributed by atoms with E-state index >= 15 is 0 Å². The fourth-order valence-corrected chi connectivity index (χ4v) is 2.36. The summed E-state index contributed by atoms with van der Waals surface area (Å²) in [5.74, 6) is -0.325. The van der Waals surface area contributed by atoms with Gasteiger partial charge in [0, 0.05) is 22.4 Å². The Morgan fingerprint density at radius 2 is 2.21 bits per heavy atom. The van der Waals surface area contributed by atoms with Crippen molar-refractivity contribution in [1.29, 1.82) is 0 Å². The summed E-state index contributed by atoms with van der Waals surface area (Å²) in [5.41, 5.74) is 1.34. The largest absolute Gasteiger partial charge is 0.305 e. The fourth-order valence-electron chi connectivity index (χ4n) is 1.87. The molecular formula is C14H15BrFN3. The number of aromatic nitrogens is 2. The second kappa shape index (κ2) is 6.73. The monoisotopic (exact) mass is 323 g/mol. The molecule has 0 radical (unpaired) electrons. The molecule has 100 valence electrons. The average Bonchev–Trinajstić information content (AvgIpc) is 2.42. The molecule has 1 atom stereocenters. The molecule has 5 heteroatoms. The van der Waals surface area contributed by atoms with Crippen LogP contribution in [0.3, 0.4) is 0 Å². The minimum atomic E-state index is -0.325. The molecule has 0 aliphatic carbocycles. The van der Waals surface area contributed by atoms with Gasteiger partial charge in [-0.05, 0) is 47.1 Å². The van der Waals surface area contributed by atoms with Crippen LogP contribution in [0.4, 0.5) is 4.39 Å². The first-order valence-corrected chi connectivity index (χ1v) is 6.96. The number of halogens is 2. The highest BCUT2D eigenvalue weighted by atomic mass is 79.9. The van der Waals surface area contributed by atoms with Gasteiger partial charge in [0.2, 0.25) is 0 Å². The lowest BCUT2D eigenvalue weighted by Crippen LogP contribution is -2.25. The van der Waals surface area contributed by atoms with Crippen molar-refractivity contribution < 1.29 is 4.39 Å². The van der Waals surface area contributed by atoms with E-state index in [1.54, 1.807) is 18.5 Å². The number of pyridine rings is 2. The maximum absolute atomic E-state index is 13.9. The molecule has 3 nitrogen and oxygen atoms in total. The number of hydrogen-bond acceptors (Lipinski definition) is 3. The Bertz CT molecular complexity index is 502. The minimum absolute atomic E-state index is 0.279.